The van der Waals surface area contributed by atoms with Crippen LogP contribution in [0.15, 0.2) is 30.3 Å². The topological polar surface area (TPSA) is 38.3 Å². The molecule has 1 atom stereocenters. The molecular formula is C17H24ClNO2. The van der Waals surface area contributed by atoms with E-state index in [0.29, 0.717) is 12.0 Å². The molecule has 0 radical (unpaired) electrons. The number of nitrogens with one attached hydrogen (secondary N) is 1. The summed E-state index contributed by atoms with van der Waals surface area (Å²) < 4.78 is 5.44. The molecule has 116 valence electrons. The van der Waals surface area contributed by atoms with Gasteiger partial charge in [-0.15, -0.1) is 12.4 Å². The number of benzene rings is 1. The summed E-state index contributed by atoms with van der Waals surface area (Å²) in [6.45, 7) is 1.36. The fourth-order valence-electron chi connectivity index (χ4n) is 3.60. The van der Waals surface area contributed by atoms with Gasteiger partial charge in [0.1, 0.15) is 12.6 Å². The molecule has 0 amide bonds. The van der Waals surface area contributed by atoms with Gasteiger partial charge in [-0.05, 0) is 30.2 Å². The summed E-state index contributed by atoms with van der Waals surface area (Å²) in [7, 11) is 0. The Hall–Kier alpha value is -1.06. The van der Waals surface area contributed by atoms with E-state index >= 15 is 0 Å². The number of carbonyl (C=O) groups is 1. The number of ether oxygens (including phenoxy) is 1. The Labute approximate surface area is 132 Å². The van der Waals surface area contributed by atoms with E-state index in [-0.39, 0.29) is 24.4 Å². The minimum Gasteiger partial charge on any atom is -0.460 e. The highest BCUT2D eigenvalue weighted by Crippen LogP contribution is 2.42. The third-order valence-corrected chi connectivity index (χ3v) is 4.78. The largest absolute Gasteiger partial charge is 0.460 e. The number of rotatable bonds is 3. The molecule has 3 rings (SSSR count). The molecule has 1 saturated heterocycles. The molecule has 4 heteroatoms. The van der Waals surface area contributed by atoms with E-state index in [2.05, 4.69) is 5.32 Å². The molecule has 1 aliphatic heterocycles. The first-order valence-electron chi connectivity index (χ1n) is 7.71. The molecule has 1 aromatic carbocycles. The first-order chi connectivity index (χ1) is 9.77. The van der Waals surface area contributed by atoms with Crippen LogP contribution < -0.4 is 5.32 Å². The Morgan fingerprint density at radius 3 is 2.62 bits per heavy atom. The van der Waals surface area contributed by atoms with Crippen LogP contribution in [-0.4, -0.2) is 18.6 Å². The summed E-state index contributed by atoms with van der Waals surface area (Å²) in [5.41, 5.74) is 1.42. The van der Waals surface area contributed by atoms with Gasteiger partial charge in [0.05, 0.1) is 0 Å². The highest BCUT2D eigenvalue weighted by molar-refractivity contribution is 5.85. The minimum absolute atomic E-state index is 0. The van der Waals surface area contributed by atoms with Crippen LogP contribution in [0.2, 0.25) is 0 Å². The zero-order valence-electron chi connectivity index (χ0n) is 12.3. The van der Waals surface area contributed by atoms with E-state index in [9.17, 15) is 4.79 Å². The van der Waals surface area contributed by atoms with E-state index in [1.54, 1.807) is 0 Å². The van der Waals surface area contributed by atoms with Gasteiger partial charge in [0.2, 0.25) is 0 Å². The first-order valence-corrected chi connectivity index (χ1v) is 7.71. The Morgan fingerprint density at radius 1 is 1.19 bits per heavy atom. The molecule has 1 spiro atoms. The number of hydrogen-bond acceptors (Lipinski definition) is 3. The maximum Gasteiger partial charge on any atom is 0.323 e. The van der Waals surface area contributed by atoms with Crippen molar-refractivity contribution in [1.29, 1.82) is 0 Å². The lowest BCUT2D eigenvalue weighted by Crippen LogP contribution is -2.32. The van der Waals surface area contributed by atoms with Crippen LogP contribution in [0.3, 0.4) is 0 Å². The Bertz CT molecular complexity index is 457. The third kappa shape index (κ3) is 3.98. The molecule has 1 aliphatic carbocycles. The Morgan fingerprint density at radius 2 is 1.90 bits per heavy atom. The van der Waals surface area contributed by atoms with Gasteiger partial charge in [0.25, 0.3) is 0 Å². The summed E-state index contributed by atoms with van der Waals surface area (Å²) in [5.74, 6) is -0.0868. The van der Waals surface area contributed by atoms with Gasteiger partial charge in [-0.25, -0.2) is 0 Å². The fourth-order valence-corrected chi connectivity index (χ4v) is 3.60. The van der Waals surface area contributed by atoms with Gasteiger partial charge < -0.3 is 10.1 Å². The molecule has 1 aromatic rings. The van der Waals surface area contributed by atoms with Crippen LogP contribution in [0.25, 0.3) is 0 Å². The molecule has 1 N–H and O–H groups in total. The molecule has 1 heterocycles. The van der Waals surface area contributed by atoms with Crippen molar-refractivity contribution in [3.8, 4) is 0 Å². The van der Waals surface area contributed by atoms with Crippen molar-refractivity contribution in [2.75, 3.05) is 6.54 Å². The third-order valence-electron chi connectivity index (χ3n) is 4.78. The molecule has 21 heavy (non-hydrogen) atoms. The normalized spacial score (nSPS) is 23.5. The van der Waals surface area contributed by atoms with Gasteiger partial charge in [-0.3, -0.25) is 4.79 Å². The predicted molar refractivity (Wildman–Crippen MR) is 85.4 cm³/mol. The van der Waals surface area contributed by atoms with Crippen LogP contribution in [-0.2, 0) is 16.1 Å². The lowest BCUT2D eigenvalue weighted by molar-refractivity contribution is -0.147. The highest BCUT2D eigenvalue weighted by Gasteiger charge is 2.42. The van der Waals surface area contributed by atoms with Crippen molar-refractivity contribution in [3.63, 3.8) is 0 Å². The highest BCUT2D eigenvalue weighted by atomic mass is 35.5. The predicted octanol–water partition coefficient (Wildman–Crippen LogP) is 3.46. The van der Waals surface area contributed by atoms with Gasteiger partial charge >= 0.3 is 5.97 Å². The summed E-state index contributed by atoms with van der Waals surface area (Å²) in [6, 6.07) is 9.77. The fraction of sp³-hybridized carbons (Fsp3) is 0.588. The van der Waals surface area contributed by atoms with Gasteiger partial charge in [-0.2, -0.15) is 0 Å². The lowest BCUT2D eigenvalue weighted by Gasteiger charge is -2.32. The van der Waals surface area contributed by atoms with E-state index in [1.807, 2.05) is 30.3 Å². The summed E-state index contributed by atoms with van der Waals surface area (Å²) in [5, 5.41) is 3.38. The molecule has 2 fully saturated rings. The van der Waals surface area contributed by atoms with Crippen LogP contribution in [0.5, 0.6) is 0 Å². The second-order valence-corrected chi connectivity index (χ2v) is 6.29. The first kappa shape index (κ1) is 16.3. The molecule has 3 nitrogen and oxygen atoms in total. The van der Waals surface area contributed by atoms with Crippen molar-refractivity contribution >= 4 is 18.4 Å². The van der Waals surface area contributed by atoms with E-state index < -0.39 is 0 Å². The smallest absolute Gasteiger partial charge is 0.323 e. The van der Waals surface area contributed by atoms with E-state index in [4.69, 9.17) is 4.74 Å². The van der Waals surface area contributed by atoms with Gasteiger partial charge in [0, 0.05) is 6.54 Å². The summed E-state index contributed by atoms with van der Waals surface area (Å²) in [6.07, 6.45) is 7.47. The summed E-state index contributed by atoms with van der Waals surface area (Å²) in [4.78, 5) is 12.2. The molecule has 2 aliphatic rings. The molecule has 0 bridgehead atoms. The van der Waals surface area contributed by atoms with Crippen LogP contribution in [0.1, 0.15) is 44.1 Å². The molecule has 1 saturated carbocycles. The van der Waals surface area contributed by atoms with Gasteiger partial charge in [0.15, 0.2) is 0 Å². The average molecular weight is 310 g/mol. The maximum atomic E-state index is 12.2. The van der Waals surface area contributed by atoms with Gasteiger partial charge in [-0.1, -0.05) is 49.6 Å². The maximum absolute atomic E-state index is 12.2. The van der Waals surface area contributed by atoms with Crippen LogP contribution >= 0.6 is 12.4 Å². The molecule has 0 aromatic heterocycles. The Kier molecular flexibility index (Phi) is 5.65. The zero-order valence-corrected chi connectivity index (χ0v) is 13.2. The zero-order chi connectivity index (χ0) is 13.8. The Balaban J connectivity index is 0.00000161. The molecular weight excluding hydrogens is 286 g/mol. The van der Waals surface area contributed by atoms with Crippen LogP contribution in [0.4, 0.5) is 0 Å². The summed E-state index contributed by atoms with van der Waals surface area (Å²) >= 11 is 0. The molecule has 1 unspecified atom stereocenters. The number of esters is 1. The minimum atomic E-state index is -0.100. The monoisotopic (exact) mass is 309 g/mol. The number of hydrogen-bond donors (Lipinski definition) is 1. The van der Waals surface area contributed by atoms with Crippen molar-refractivity contribution < 1.29 is 9.53 Å². The van der Waals surface area contributed by atoms with E-state index in [0.717, 1.165) is 18.5 Å². The van der Waals surface area contributed by atoms with Crippen molar-refractivity contribution in [2.24, 2.45) is 5.41 Å². The number of carbonyl (C=O) groups excluding carboxylic acids is 1. The number of halogens is 1. The van der Waals surface area contributed by atoms with Crippen molar-refractivity contribution in [1.82, 2.24) is 5.32 Å². The SMILES string of the molecule is Cl.O=C(OCc1ccccc1)C1CC2(CCCCC2)CN1. The second-order valence-electron chi connectivity index (χ2n) is 6.29. The van der Waals surface area contributed by atoms with E-state index in [1.165, 1.54) is 32.1 Å². The lowest BCUT2D eigenvalue weighted by atomic mass is 9.73. The quantitative estimate of drug-likeness (QED) is 0.869. The average Bonchev–Trinajstić information content (AvgIpc) is 2.90. The standard InChI is InChI=1S/C17H23NO2.ClH/c19-16(20-12-14-7-3-1-4-8-14)15-11-17(13-18-15)9-5-2-6-10-17;/h1,3-4,7-8,15,18H,2,5-6,9-13H2;1H. The van der Waals surface area contributed by atoms with Crippen LogP contribution in [0, 0.1) is 5.41 Å². The van der Waals surface area contributed by atoms with Crippen molar-refractivity contribution in [2.45, 2.75) is 51.2 Å². The second kappa shape index (κ2) is 7.28. The van der Waals surface area contributed by atoms with Crippen molar-refractivity contribution in [3.05, 3.63) is 35.9 Å².